The Morgan fingerprint density at radius 1 is 1.16 bits per heavy atom. The number of anilines is 1. The first-order valence-corrected chi connectivity index (χ1v) is 7.96. The maximum atomic E-state index is 12.0. The second-order valence-electron chi connectivity index (χ2n) is 5.58. The Balaban J connectivity index is 2.86. The third-order valence-corrected chi connectivity index (χ3v) is 4.07. The molecule has 0 amide bonds. The molecule has 1 rings (SSSR count). The minimum atomic E-state index is -3.28. The van der Waals surface area contributed by atoms with Gasteiger partial charge in [0, 0.05) is 16.7 Å². The summed E-state index contributed by atoms with van der Waals surface area (Å²) in [7, 11) is -3.28. The Morgan fingerprint density at radius 2 is 1.68 bits per heavy atom. The van der Waals surface area contributed by atoms with E-state index in [4.69, 9.17) is 0 Å². The average Bonchev–Trinajstić information content (AvgIpc) is 2.27. The first kappa shape index (κ1) is 15.7. The lowest BCUT2D eigenvalue weighted by Gasteiger charge is -2.16. The standard InChI is InChI=1S/C14H21NO3S/c1-5-10-19(17,18)15-12-8-6-11(7-9-12)13(16)14(2,3)4/h6-9,15H,5,10H2,1-4H3. The molecule has 5 heteroatoms. The van der Waals surface area contributed by atoms with Gasteiger partial charge in [-0.05, 0) is 30.7 Å². The summed E-state index contributed by atoms with van der Waals surface area (Å²) in [6.07, 6.45) is 0.565. The highest BCUT2D eigenvalue weighted by Crippen LogP contribution is 2.22. The number of hydrogen-bond acceptors (Lipinski definition) is 3. The number of rotatable bonds is 5. The molecule has 106 valence electrons. The maximum absolute atomic E-state index is 12.0. The fourth-order valence-electron chi connectivity index (χ4n) is 1.62. The summed E-state index contributed by atoms with van der Waals surface area (Å²) in [5, 5.41) is 0. The van der Waals surface area contributed by atoms with E-state index in [0.29, 0.717) is 17.7 Å². The molecule has 0 unspecified atom stereocenters. The Hall–Kier alpha value is -1.36. The quantitative estimate of drug-likeness (QED) is 0.845. The molecule has 4 nitrogen and oxygen atoms in total. The van der Waals surface area contributed by atoms with Crippen molar-refractivity contribution in [3.63, 3.8) is 0 Å². The zero-order valence-electron chi connectivity index (χ0n) is 11.9. The molecule has 19 heavy (non-hydrogen) atoms. The van der Waals surface area contributed by atoms with E-state index in [-0.39, 0.29) is 11.5 Å². The van der Waals surface area contributed by atoms with Gasteiger partial charge in [0.05, 0.1) is 5.75 Å². The van der Waals surface area contributed by atoms with Crippen molar-refractivity contribution in [3.8, 4) is 0 Å². The molecule has 0 heterocycles. The van der Waals surface area contributed by atoms with Gasteiger partial charge in [-0.25, -0.2) is 8.42 Å². The molecule has 0 fully saturated rings. The molecule has 0 saturated carbocycles. The molecule has 0 aromatic heterocycles. The Labute approximate surface area is 115 Å². The van der Waals surface area contributed by atoms with E-state index < -0.39 is 15.4 Å². The molecule has 1 N–H and O–H groups in total. The number of Topliss-reactive ketones (excluding diaryl/α,β-unsaturated/α-hetero) is 1. The molecule has 0 saturated heterocycles. The predicted octanol–water partition coefficient (Wildman–Crippen LogP) is 3.07. The van der Waals surface area contributed by atoms with Crippen LogP contribution in [0.4, 0.5) is 5.69 Å². The largest absolute Gasteiger partial charge is 0.294 e. The summed E-state index contributed by atoms with van der Waals surface area (Å²) >= 11 is 0. The summed E-state index contributed by atoms with van der Waals surface area (Å²) in [5.74, 6) is 0.130. The summed E-state index contributed by atoms with van der Waals surface area (Å²) in [6.45, 7) is 7.37. The average molecular weight is 283 g/mol. The van der Waals surface area contributed by atoms with Crippen molar-refractivity contribution >= 4 is 21.5 Å². The van der Waals surface area contributed by atoms with Crippen LogP contribution in [0.2, 0.25) is 0 Å². The third kappa shape index (κ3) is 4.67. The zero-order chi connectivity index (χ0) is 14.7. The lowest BCUT2D eigenvalue weighted by molar-refractivity contribution is 0.0858. The molecular formula is C14H21NO3S. The van der Waals surface area contributed by atoms with Gasteiger partial charge in [0.25, 0.3) is 0 Å². The molecular weight excluding hydrogens is 262 g/mol. The number of hydrogen-bond donors (Lipinski definition) is 1. The van der Waals surface area contributed by atoms with Crippen molar-refractivity contribution < 1.29 is 13.2 Å². The van der Waals surface area contributed by atoms with Crippen molar-refractivity contribution in [3.05, 3.63) is 29.8 Å². The molecule has 0 radical (unpaired) electrons. The number of ketones is 1. The van der Waals surface area contributed by atoms with E-state index in [2.05, 4.69) is 4.72 Å². The van der Waals surface area contributed by atoms with Crippen molar-refractivity contribution in [2.45, 2.75) is 34.1 Å². The molecule has 0 bridgehead atoms. The second kappa shape index (κ2) is 5.74. The van der Waals surface area contributed by atoms with Crippen LogP contribution in [0.5, 0.6) is 0 Å². The number of carbonyl (C=O) groups excluding carboxylic acids is 1. The third-order valence-electron chi connectivity index (χ3n) is 2.57. The number of sulfonamides is 1. The van der Waals surface area contributed by atoms with Crippen LogP contribution in [-0.4, -0.2) is 20.0 Å². The normalized spacial score (nSPS) is 12.2. The van der Waals surface area contributed by atoms with Crippen LogP contribution >= 0.6 is 0 Å². The zero-order valence-corrected chi connectivity index (χ0v) is 12.7. The van der Waals surface area contributed by atoms with Gasteiger partial charge in [-0.15, -0.1) is 0 Å². The van der Waals surface area contributed by atoms with E-state index in [1.807, 2.05) is 27.7 Å². The number of benzene rings is 1. The van der Waals surface area contributed by atoms with Crippen molar-refractivity contribution in [2.75, 3.05) is 10.5 Å². The van der Waals surface area contributed by atoms with Gasteiger partial charge in [-0.1, -0.05) is 27.7 Å². The first-order chi connectivity index (χ1) is 8.65. The van der Waals surface area contributed by atoms with Gasteiger partial charge in [0.15, 0.2) is 5.78 Å². The Kier molecular flexibility index (Phi) is 4.74. The van der Waals surface area contributed by atoms with Crippen LogP contribution in [-0.2, 0) is 10.0 Å². The van der Waals surface area contributed by atoms with E-state index in [1.54, 1.807) is 24.3 Å². The van der Waals surface area contributed by atoms with Gasteiger partial charge in [0.2, 0.25) is 10.0 Å². The fourth-order valence-corrected chi connectivity index (χ4v) is 2.76. The van der Waals surface area contributed by atoms with Crippen molar-refractivity contribution in [1.29, 1.82) is 0 Å². The highest BCUT2D eigenvalue weighted by atomic mass is 32.2. The summed E-state index contributed by atoms with van der Waals surface area (Å²) < 4.78 is 25.7. The summed E-state index contributed by atoms with van der Waals surface area (Å²) in [4.78, 5) is 12.0. The van der Waals surface area contributed by atoms with E-state index in [9.17, 15) is 13.2 Å². The van der Waals surface area contributed by atoms with Crippen LogP contribution in [0.25, 0.3) is 0 Å². The fraction of sp³-hybridized carbons (Fsp3) is 0.500. The smallest absolute Gasteiger partial charge is 0.232 e. The molecule has 0 atom stereocenters. The van der Waals surface area contributed by atoms with Crippen LogP contribution < -0.4 is 4.72 Å². The first-order valence-electron chi connectivity index (χ1n) is 6.31. The SMILES string of the molecule is CCCS(=O)(=O)Nc1ccc(C(=O)C(C)(C)C)cc1. The predicted molar refractivity (Wildman–Crippen MR) is 77.9 cm³/mol. The minimum Gasteiger partial charge on any atom is -0.294 e. The highest BCUT2D eigenvalue weighted by Gasteiger charge is 2.22. The van der Waals surface area contributed by atoms with Gasteiger partial charge in [-0.2, -0.15) is 0 Å². The van der Waals surface area contributed by atoms with E-state index >= 15 is 0 Å². The van der Waals surface area contributed by atoms with Crippen molar-refractivity contribution in [1.82, 2.24) is 0 Å². The number of nitrogens with one attached hydrogen (secondary N) is 1. The molecule has 1 aromatic carbocycles. The van der Waals surface area contributed by atoms with Crippen LogP contribution in [0, 0.1) is 5.41 Å². The molecule has 0 aliphatic rings. The Bertz CT molecular complexity index is 539. The minimum absolute atomic E-state index is 0.0375. The number of carbonyl (C=O) groups is 1. The van der Waals surface area contributed by atoms with Crippen LogP contribution in [0.15, 0.2) is 24.3 Å². The van der Waals surface area contributed by atoms with Crippen LogP contribution in [0.1, 0.15) is 44.5 Å². The summed E-state index contributed by atoms with van der Waals surface area (Å²) in [5.41, 5.74) is 0.633. The lowest BCUT2D eigenvalue weighted by Crippen LogP contribution is -2.20. The van der Waals surface area contributed by atoms with E-state index in [1.165, 1.54) is 0 Å². The molecule has 0 aliphatic carbocycles. The molecule has 1 aromatic rings. The molecule has 0 aliphatic heterocycles. The van der Waals surface area contributed by atoms with E-state index in [0.717, 1.165) is 0 Å². The monoisotopic (exact) mass is 283 g/mol. The second-order valence-corrected chi connectivity index (χ2v) is 7.42. The molecule has 0 spiro atoms. The maximum Gasteiger partial charge on any atom is 0.232 e. The topological polar surface area (TPSA) is 63.2 Å². The van der Waals surface area contributed by atoms with Gasteiger partial charge < -0.3 is 0 Å². The van der Waals surface area contributed by atoms with Crippen LogP contribution in [0.3, 0.4) is 0 Å². The van der Waals surface area contributed by atoms with Gasteiger partial charge in [-0.3, -0.25) is 9.52 Å². The van der Waals surface area contributed by atoms with Crippen molar-refractivity contribution in [2.24, 2.45) is 5.41 Å². The lowest BCUT2D eigenvalue weighted by atomic mass is 9.86. The Morgan fingerprint density at radius 3 is 2.11 bits per heavy atom. The van der Waals surface area contributed by atoms with Gasteiger partial charge in [0.1, 0.15) is 0 Å². The summed E-state index contributed by atoms with van der Waals surface area (Å²) in [6, 6.07) is 6.53. The highest BCUT2D eigenvalue weighted by molar-refractivity contribution is 7.92. The van der Waals surface area contributed by atoms with Gasteiger partial charge >= 0.3 is 0 Å².